The van der Waals surface area contributed by atoms with Crippen LogP contribution in [0.15, 0.2) is 30.3 Å². The maximum atomic E-state index is 11.8. The zero-order chi connectivity index (χ0) is 16.7. The van der Waals surface area contributed by atoms with Crippen LogP contribution in [0.25, 0.3) is 0 Å². The number of anilines is 1. The van der Waals surface area contributed by atoms with Crippen LogP contribution in [0.5, 0.6) is 0 Å². The van der Waals surface area contributed by atoms with E-state index in [1.807, 2.05) is 12.1 Å². The number of piperazine rings is 1. The molecule has 1 aliphatic rings. The molecular formula is C18H26N4O. The summed E-state index contributed by atoms with van der Waals surface area (Å²) in [5.41, 5.74) is 0.347. The fraction of sp³-hybridized carbons (Fsp3) is 0.556. The van der Waals surface area contributed by atoms with Gasteiger partial charge in [0.05, 0.1) is 6.07 Å². The molecule has 23 heavy (non-hydrogen) atoms. The normalized spacial score (nSPS) is 16.0. The molecule has 0 saturated carbocycles. The average Bonchev–Trinajstić information content (AvgIpc) is 2.59. The Morgan fingerprint density at radius 3 is 2.48 bits per heavy atom. The van der Waals surface area contributed by atoms with Gasteiger partial charge in [0.1, 0.15) is 5.41 Å². The van der Waals surface area contributed by atoms with Gasteiger partial charge in [-0.2, -0.15) is 5.26 Å². The third kappa shape index (κ3) is 4.97. The molecule has 0 bridgehead atoms. The van der Waals surface area contributed by atoms with E-state index in [2.05, 4.69) is 39.4 Å². The smallest absolute Gasteiger partial charge is 0.239 e. The van der Waals surface area contributed by atoms with E-state index in [4.69, 9.17) is 5.26 Å². The standard InChI is InChI=1S/C18H26N4O/c1-18(2,15-19)17(23)20-9-6-10-21-11-13-22(14-12-21)16-7-4-3-5-8-16/h3-5,7-8H,6,9-14H2,1-2H3,(H,20,23). The highest BCUT2D eigenvalue weighted by atomic mass is 16.2. The first-order chi connectivity index (χ1) is 11.0. The van der Waals surface area contributed by atoms with Crippen molar-refractivity contribution in [2.75, 3.05) is 44.2 Å². The van der Waals surface area contributed by atoms with E-state index in [9.17, 15) is 4.79 Å². The summed E-state index contributed by atoms with van der Waals surface area (Å²) in [5.74, 6) is -0.186. The molecular weight excluding hydrogens is 288 g/mol. The molecule has 0 spiro atoms. The van der Waals surface area contributed by atoms with Crippen molar-refractivity contribution in [1.82, 2.24) is 10.2 Å². The maximum Gasteiger partial charge on any atom is 0.239 e. The van der Waals surface area contributed by atoms with Gasteiger partial charge in [0, 0.05) is 38.4 Å². The molecule has 5 heteroatoms. The number of benzene rings is 1. The van der Waals surface area contributed by atoms with Crippen LogP contribution in [-0.4, -0.2) is 50.1 Å². The van der Waals surface area contributed by atoms with Crippen molar-refractivity contribution in [3.63, 3.8) is 0 Å². The SMILES string of the molecule is CC(C)(C#N)C(=O)NCCCN1CCN(c2ccccc2)CC1. The summed E-state index contributed by atoms with van der Waals surface area (Å²) >= 11 is 0. The van der Waals surface area contributed by atoms with Gasteiger partial charge < -0.3 is 10.2 Å². The van der Waals surface area contributed by atoms with Crippen LogP contribution in [0.1, 0.15) is 20.3 Å². The Kier molecular flexibility index (Phi) is 6.00. The molecule has 1 N–H and O–H groups in total. The summed E-state index contributed by atoms with van der Waals surface area (Å²) < 4.78 is 0. The highest BCUT2D eigenvalue weighted by Crippen LogP contribution is 2.15. The molecule has 0 unspecified atom stereocenters. The Hall–Kier alpha value is -2.06. The number of amides is 1. The quantitative estimate of drug-likeness (QED) is 0.814. The second kappa shape index (κ2) is 7.98. The topological polar surface area (TPSA) is 59.4 Å². The first-order valence-corrected chi connectivity index (χ1v) is 8.25. The lowest BCUT2D eigenvalue weighted by molar-refractivity contribution is -0.126. The number of hydrogen-bond acceptors (Lipinski definition) is 4. The molecule has 2 rings (SSSR count). The average molecular weight is 314 g/mol. The molecule has 5 nitrogen and oxygen atoms in total. The molecule has 1 aromatic rings. The van der Waals surface area contributed by atoms with Crippen molar-refractivity contribution in [3.05, 3.63) is 30.3 Å². The lowest BCUT2D eigenvalue weighted by Gasteiger charge is -2.36. The van der Waals surface area contributed by atoms with E-state index in [0.717, 1.165) is 39.1 Å². The Balaban J connectivity index is 1.64. The monoisotopic (exact) mass is 314 g/mol. The minimum Gasteiger partial charge on any atom is -0.369 e. The third-order valence-electron chi connectivity index (χ3n) is 4.28. The van der Waals surface area contributed by atoms with E-state index in [1.54, 1.807) is 13.8 Å². The van der Waals surface area contributed by atoms with Gasteiger partial charge in [-0.15, -0.1) is 0 Å². The number of carbonyl (C=O) groups is 1. The van der Waals surface area contributed by atoms with Gasteiger partial charge in [0.2, 0.25) is 5.91 Å². The van der Waals surface area contributed by atoms with E-state index in [-0.39, 0.29) is 5.91 Å². The Morgan fingerprint density at radius 2 is 1.87 bits per heavy atom. The van der Waals surface area contributed by atoms with Crippen molar-refractivity contribution in [1.29, 1.82) is 5.26 Å². The van der Waals surface area contributed by atoms with Crippen LogP contribution in [0.4, 0.5) is 5.69 Å². The third-order valence-corrected chi connectivity index (χ3v) is 4.28. The second-order valence-corrected chi connectivity index (χ2v) is 6.51. The molecule has 0 aliphatic carbocycles. The van der Waals surface area contributed by atoms with Gasteiger partial charge in [0.25, 0.3) is 0 Å². The number of nitrogens with one attached hydrogen (secondary N) is 1. The lowest BCUT2D eigenvalue weighted by Crippen LogP contribution is -2.47. The minimum atomic E-state index is -0.943. The molecule has 1 saturated heterocycles. The molecule has 124 valence electrons. The van der Waals surface area contributed by atoms with Crippen molar-refractivity contribution in [2.45, 2.75) is 20.3 Å². The fourth-order valence-electron chi connectivity index (χ4n) is 2.64. The molecule has 1 amide bonds. The molecule has 0 aromatic heterocycles. The van der Waals surface area contributed by atoms with Crippen LogP contribution in [0, 0.1) is 16.7 Å². The molecule has 1 heterocycles. The number of para-hydroxylation sites is 1. The highest BCUT2D eigenvalue weighted by molar-refractivity contribution is 5.84. The summed E-state index contributed by atoms with van der Waals surface area (Å²) in [5, 5.41) is 11.8. The summed E-state index contributed by atoms with van der Waals surface area (Å²) in [6.45, 7) is 9.07. The summed E-state index contributed by atoms with van der Waals surface area (Å²) in [4.78, 5) is 16.6. The van der Waals surface area contributed by atoms with Crippen LogP contribution in [0.2, 0.25) is 0 Å². The van der Waals surface area contributed by atoms with Gasteiger partial charge in [-0.25, -0.2) is 0 Å². The van der Waals surface area contributed by atoms with Crippen LogP contribution < -0.4 is 10.2 Å². The predicted molar refractivity (Wildman–Crippen MR) is 92.1 cm³/mol. The van der Waals surface area contributed by atoms with Gasteiger partial charge in [-0.1, -0.05) is 18.2 Å². The van der Waals surface area contributed by atoms with Gasteiger partial charge in [-0.3, -0.25) is 9.69 Å². The van der Waals surface area contributed by atoms with Crippen molar-refractivity contribution >= 4 is 11.6 Å². The van der Waals surface area contributed by atoms with Crippen molar-refractivity contribution in [3.8, 4) is 6.07 Å². The van der Waals surface area contributed by atoms with E-state index < -0.39 is 5.41 Å². The zero-order valence-electron chi connectivity index (χ0n) is 14.1. The number of nitriles is 1. The van der Waals surface area contributed by atoms with Crippen molar-refractivity contribution < 1.29 is 4.79 Å². The predicted octanol–water partition coefficient (Wildman–Crippen LogP) is 1.86. The fourth-order valence-corrected chi connectivity index (χ4v) is 2.64. The molecule has 0 atom stereocenters. The van der Waals surface area contributed by atoms with Gasteiger partial charge in [0.15, 0.2) is 0 Å². The number of hydrogen-bond donors (Lipinski definition) is 1. The van der Waals surface area contributed by atoms with Gasteiger partial charge in [-0.05, 0) is 38.9 Å². The maximum absolute atomic E-state index is 11.8. The van der Waals surface area contributed by atoms with Crippen molar-refractivity contribution in [2.24, 2.45) is 5.41 Å². The lowest BCUT2D eigenvalue weighted by atomic mass is 9.95. The Morgan fingerprint density at radius 1 is 1.22 bits per heavy atom. The highest BCUT2D eigenvalue weighted by Gasteiger charge is 2.26. The van der Waals surface area contributed by atoms with Gasteiger partial charge >= 0.3 is 0 Å². The molecule has 1 aliphatic heterocycles. The van der Waals surface area contributed by atoms with E-state index in [1.165, 1.54) is 5.69 Å². The molecule has 1 fully saturated rings. The summed E-state index contributed by atoms with van der Waals surface area (Å²) in [7, 11) is 0. The second-order valence-electron chi connectivity index (χ2n) is 6.51. The number of rotatable bonds is 6. The largest absolute Gasteiger partial charge is 0.369 e. The first-order valence-electron chi connectivity index (χ1n) is 8.25. The van der Waals surface area contributed by atoms with E-state index in [0.29, 0.717) is 6.54 Å². The Labute approximate surface area is 138 Å². The minimum absolute atomic E-state index is 0.186. The van der Waals surface area contributed by atoms with Crippen LogP contribution in [0.3, 0.4) is 0 Å². The van der Waals surface area contributed by atoms with E-state index >= 15 is 0 Å². The number of carbonyl (C=O) groups excluding carboxylic acids is 1. The molecule has 0 radical (unpaired) electrons. The van der Waals surface area contributed by atoms with Crippen LogP contribution >= 0.6 is 0 Å². The zero-order valence-corrected chi connectivity index (χ0v) is 14.1. The summed E-state index contributed by atoms with van der Waals surface area (Å²) in [6.07, 6.45) is 0.915. The molecule has 1 aromatic carbocycles. The Bertz CT molecular complexity index is 542. The van der Waals surface area contributed by atoms with Crippen LogP contribution in [-0.2, 0) is 4.79 Å². The summed E-state index contributed by atoms with van der Waals surface area (Å²) in [6, 6.07) is 12.5. The number of nitrogens with zero attached hydrogens (tertiary/aromatic N) is 3. The first kappa shape index (κ1) is 17.3.